The summed E-state index contributed by atoms with van der Waals surface area (Å²) in [6.07, 6.45) is 2.39. The molecule has 0 bridgehead atoms. The van der Waals surface area contributed by atoms with E-state index in [1.807, 2.05) is 0 Å². The standard InChI is InChI=1S/C12H18BrN.BrH/c1-14(2)10-12-7-4-3-6-11(12)8-5-9-13;/h3-4,6-7H,5,8-10H2,1-2H3;1H. The van der Waals surface area contributed by atoms with Crippen LogP contribution in [0.4, 0.5) is 0 Å². The van der Waals surface area contributed by atoms with Gasteiger partial charge < -0.3 is 4.90 Å². The van der Waals surface area contributed by atoms with E-state index in [1.165, 1.54) is 24.0 Å². The molecule has 1 nitrogen and oxygen atoms in total. The van der Waals surface area contributed by atoms with Gasteiger partial charge in [0.1, 0.15) is 0 Å². The molecule has 86 valence electrons. The molecule has 0 atom stereocenters. The monoisotopic (exact) mass is 335 g/mol. The van der Waals surface area contributed by atoms with Crippen LogP contribution >= 0.6 is 32.9 Å². The maximum absolute atomic E-state index is 3.47. The lowest BCUT2D eigenvalue weighted by Crippen LogP contribution is -2.12. The Bertz CT molecular complexity index is 274. The summed E-state index contributed by atoms with van der Waals surface area (Å²) in [5.41, 5.74) is 2.94. The summed E-state index contributed by atoms with van der Waals surface area (Å²) in [6, 6.07) is 8.71. The number of benzene rings is 1. The van der Waals surface area contributed by atoms with Gasteiger partial charge >= 0.3 is 0 Å². The number of aryl methyl sites for hydroxylation is 1. The molecule has 0 aliphatic carbocycles. The smallest absolute Gasteiger partial charge is 0.0230 e. The highest BCUT2D eigenvalue weighted by molar-refractivity contribution is 9.09. The highest BCUT2D eigenvalue weighted by Crippen LogP contribution is 2.13. The molecule has 0 N–H and O–H groups in total. The predicted octanol–water partition coefficient (Wildman–Crippen LogP) is 3.65. The highest BCUT2D eigenvalue weighted by atomic mass is 79.9. The molecule has 1 aromatic rings. The number of hydrogen-bond acceptors (Lipinski definition) is 1. The number of alkyl halides is 1. The first-order valence-electron chi connectivity index (χ1n) is 5.01. The van der Waals surface area contributed by atoms with Gasteiger partial charge in [-0.15, -0.1) is 17.0 Å². The van der Waals surface area contributed by atoms with E-state index in [1.54, 1.807) is 0 Å². The Labute approximate surface area is 112 Å². The fraction of sp³-hybridized carbons (Fsp3) is 0.500. The fourth-order valence-corrected chi connectivity index (χ4v) is 1.83. The molecule has 15 heavy (non-hydrogen) atoms. The molecule has 0 heterocycles. The third-order valence-corrected chi connectivity index (χ3v) is 2.75. The first kappa shape index (κ1) is 15.1. The molecular formula is C12H19Br2N. The third kappa shape index (κ3) is 5.69. The van der Waals surface area contributed by atoms with Crippen molar-refractivity contribution in [3.8, 4) is 0 Å². The normalized spacial score (nSPS) is 10.1. The van der Waals surface area contributed by atoms with Crippen molar-refractivity contribution in [1.29, 1.82) is 0 Å². The van der Waals surface area contributed by atoms with E-state index in [2.05, 4.69) is 59.2 Å². The summed E-state index contributed by atoms with van der Waals surface area (Å²) in [5, 5.41) is 1.09. The molecule has 0 saturated carbocycles. The van der Waals surface area contributed by atoms with Crippen molar-refractivity contribution in [2.45, 2.75) is 19.4 Å². The van der Waals surface area contributed by atoms with Crippen molar-refractivity contribution >= 4 is 32.9 Å². The van der Waals surface area contributed by atoms with Gasteiger partial charge in [-0.2, -0.15) is 0 Å². The van der Waals surface area contributed by atoms with Gasteiger partial charge in [0, 0.05) is 11.9 Å². The molecule has 0 radical (unpaired) electrons. The van der Waals surface area contributed by atoms with Crippen molar-refractivity contribution in [3.05, 3.63) is 35.4 Å². The largest absolute Gasteiger partial charge is 0.305 e. The first-order chi connectivity index (χ1) is 6.74. The van der Waals surface area contributed by atoms with Crippen LogP contribution < -0.4 is 0 Å². The quantitative estimate of drug-likeness (QED) is 0.742. The van der Waals surface area contributed by atoms with Crippen LogP contribution in [0, 0.1) is 0 Å². The molecule has 0 aliphatic heterocycles. The second-order valence-electron chi connectivity index (χ2n) is 3.80. The molecule has 0 unspecified atom stereocenters. The summed E-state index contributed by atoms with van der Waals surface area (Å²) in [5.74, 6) is 0. The zero-order valence-electron chi connectivity index (χ0n) is 9.37. The molecular weight excluding hydrogens is 318 g/mol. The van der Waals surface area contributed by atoms with E-state index in [-0.39, 0.29) is 17.0 Å². The Kier molecular flexibility index (Phi) is 8.39. The van der Waals surface area contributed by atoms with Gasteiger partial charge in [0.05, 0.1) is 0 Å². The SMILES string of the molecule is Br.CN(C)Cc1ccccc1CCCBr. The van der Waals surface area contributed by atoms with E-state index >= 15 is 0 Å². The summed E-state index contributed by atoms with van der Waals surface area (Å²) in [6.45, 7) is 1.04. The lowest BCUT2D eigenvalue weighted by atomic mass is 10.0. The Morgan fingerprint density at radius 1 is 1.13 bits per heavy atom. The van der Waals surface area contributed by atoms with Gasteiger partial charge in [0.2, 0.25) is 0 Å². The van der Waals surface area contributed by atoms with Gasteiger partial charge in [0.25, 0.3) is 0 Å². The minimum Gasteiger partial charge on any atom is -0.305 e. The van der Waals surface area contributed by atoms with Crippen LogP contribution in [-0.4, -0.2) is 24.3 Å². The Morgan fingerprint density at radius 2 is 1.73 bits per heavy atom. The van der Waals surface area contributed by atoms with E-state index in [9.17, 15) is 0 Å². The summed E-state index contributed by atoms with van der Waals surface area (Å²) >= 11 is 3.47. The van der Waals surface area contributed by atoms with Gasteiger partial charge in [0.15, 0.2) is 0 Å². The zero-order valence-corrected chi connectivity index (χ0v) is 12.7. The van der Waals surface area contributed by atoms with Crippen LogP contribution in [-0.2, 0) is 13.0 Å². The second kappa shape index (κ2) is 8.31. The Balaban J connectivity index is 0.00000196. The van der Waals surface area contributed by atoms with Crippen molar-refractivity contribution in [2.75, 3.05) is 19.4 Å². The average Bonchev–Trinajstić information content (AvgIpc) is 2.16. The lowest BCUT2D eigenvalue weighted by Gasteiger charge is -2.13. The van der Waals surface area contributed by atoms with Crippen LogP contribution in [0.15, 0.2) is 24.3 Å². The maximum atomic E-state index is 3.47. The Hall–Kier alpha value is 0.140. The van der Waals surface area contributed by atoms with E-state index < -0.39 is 0 Å². The summed E-state index contributed by atoms with van der Waals surface area (Å²) in [7, 11) is 4.22. The van der Waals surface area contributed by atoms with Crippen molar-refractivity contribution in [3.63, 3.8) is 0 Å². The fourth-order valence-electron chi connectivity index (χ4n) is 1.55. The number of hydrogen-bond donors (Lipinski definition) is 0. The molecule has 0 amide bonds. The number of nitrogens with zero attached hydrogens (tertiary/aromatic N) is 1. The minimum absolute atomic E-state index is 0. The molecule has 0 spiro atoms. The molecule has 0 aliphatic rings. The number of halogens is 2. The molecule has 1 aromatic carbocycles. The van der Waals surface area contributed by atoms with Gasteiger partial charge in [-0.05, 0) is 38.1 Å². The number of rotatable bonds is 5. The van der Waals surface area contributed by atoms with Gasteiger partial charge in [-0.3, -0.25) is 0 Å². The van der Waals surface area contributed by atoms with E-state index in [0.29, 0.717) is 0 Å². The summed E-state index contributed by atoms with van der Waals surface area (Å²) < 4.78 is 0. The molecule has 3 heteroatoms. The van der Waals surface area contributed by atoms with Crippen molar-refractivity contribution in [1.82, 2.24) is 4.90 Å². The highest BCUT2D eigenvalue weighted by Gasteiger charge is 2.01. The van der Waals surface area contributed by atoms with Gasteiger partial charge in [-0.25, -0.2) is 0 Å². The third-order valence-electron chi connectivity index (χ3n) is 2.18. The van der Waals surface area contributed by atoms with Crippen molar-refractivity contribution < 1.29 is 0 Å². The van der Waals surface area contributed by atoms with Crippen LogP contribution in [0.2, 0.25) is 0 Å². The average molecular weight is 337 g/mol. The molecule has 0 fully saturated rings. The van der Waals surface area contributed by atoms with Gasteiger partial charge in [-0.1, -0.05) is 40.2 Å². The van der Waals surface area contributed by atoms with E-state index in [0.717, 1.165) is 11.9 Å². The van der Waals surface area contributed by atoms with E-state index in [4.69, 9.17) is 0 Å². The molecule has 0 aromatic heterocycles. The maximum Gasteiger partial charge on any atom is 0.0230 e. The Morgan fingerprint density at radius 3 is 2.27 bits per heavy atom. The van der Waals surface area contributed by atoms with Crippen LogP contribution in [0.5, 0.6) is 0 Å². The zero-order chi connectivity index (χ0) is 10.4. The molecule has 1 rings (SSSR count). The molecule has 0 saturated heterocycles. The summed E-state index contributed by atoms with van der Waals surface area (Å²) in [4.78, 5) is 2.22. The topological polar surface area (TPSA) is 3.24 Å². The second-order valence-corrected chi connectivity index (χ2v) is 4.59. The predicted molar refractivity (Wildman–Crippen MR) is 76.3 cm³/mol. The first-order valence-corrected chi connectivity index (χ1v) is 6.13. The van der Waals surface area contributed by atoms with Crippen LogP contribution in [0.1, 0.15) is 17.5 Å². The van der Waals surface area contributed by atoms with Crippen LogP contribution in [0.25, 0.3) is 0 Å². The van der Waals surface area contributed by atoms with Crippen molar-refractivity contribution in [2.24, 2.45) is 0 Å². The van der Waals surface area contributed by atoms with Crippen LogP contribution in [0.3, 0.4) is 0 Å². The lowest BCUT2D eigenvalue weighted by molar-refractivity contribution is 0.401. The minimum atomic E-state index is 0.